The molecule has 0 bridgehead atoms. The van der Waals surface area contributed by atoms with Gasteiger partial charge in [0.15, 0.2) is 11.6 Å². The first-order valence-electron chi connectivity index (χ1n) is 13.4. The van der Waals surface area contributed by atoms with Gasteiger partial charge in [0.05, 0.1) is 17.0 Å². The molecule has 7 rings (SSSR count). The molecule has 1 spiro atoms. The van der Waals surface area contributed by atoms with Crippen LogP contribution in [0, 0.1) is 12.8 Å². The number of halogens is 2. The highest BCUT2D eigenvalue weighted by Gasteiger charge is 2.70. The number of carbonyl (C=O) groups is 3. The van der Waals surface area contributed by atoms with Crippen molar-refractivity contribution in [1.82, 2.24) is 4.90 Å². The summed E-state index contributed by atoms with van der Waals surface area (Å²) in [6.45, 7) is 1.95. The molecule has 0 saturated carbocycles. The maximum Gasteiger partial charge on any atom is 0.238 e. The summed E-state index contributed by atoms with van der Waals surface area (Å²) in [5.74, 6) is -1.99. The molecular formula is C34H24Cl2N2O3. The van der Waals surface area contributed by atoms with Crippen molar-refractivity contribution < 1.29 is 14.4 Å². The predicted molar refractivity (Wildman–Crippen MR) is 160 cm³/mol. The maximum absolute atomic E-state index is 14.8. The summed E-state index contributed by atoms with van der Waals surface area (Å²) in [6, 6.07) is 25.6. The molecule has 4 aromatic rings. The van der Waals surface area contributed by atoms with Crippen molar-refractivity contribution in [3.05, 3.63) is 141 Å². The molecule has 4 aromatic carbocycles. The summed E-state index contributed by atoms with van der Waals surface area (Å²) >= 11 is 12.7. The van der Waals surface area contributed by atoms with Crippen molar-refractivity contribution in [1.29, 1.82) is 0 Å². The lowest BCUT2D eigenvalue weighted by molar-refractivity contribution is -0.122. The number of fused-ring (bicyclic) bond motifs is 6. The van der Waals surface area contributed by atoms with E-state index in [4.69, 9.17) is 23.2 Å². The minimum absolute atomic E-state index is 0.194. The van der Waals surface area contributed by atoms with E-state index in [1.54, 1.807) is 24.3 Å². The maximum atomic E-state index is 14.8. The second-order valence-corrected chi connectivity index (χ2v) is 11.6. The van der Waals surface area contributed by atoms with Gasteiger partial charge in [-0.2, -0.15) is 0 Å². The number of amides is 1. The van der Waals surface area contributed by atoms with Gasteiger partial charge in [0.2, 0.25) is 5.91 Å². The van der Waals surface area contributed by atoms with Crippen LogP contribution in [0.4, 0.5) is 5.69 Å². The SMILES string of the molecule is Cc1ccc(C(=O)[C@@H]2[C@H](C(=O)c3ccc(Cl)cc3Cl)N3C=Cc4ccccc4[C@@H]3[C@]23C(=O)Nc2ccccc23)cc1. The minimum atomic E-state index is -1.39. The van der Waals surface area contributed by atoms with Crippen LogP contribution in [0.5, 0.6) is 0 Å². The minimum Gasteiger partial charge on any atom is -0.358 e. The van der Waals surface area contributed by atoms with E-state index in [1.807, 2.05) is 84.8 Å². The van der Waals surface area contributed by atoms with Gasteiger partial charge in [-0.15, -0.1) is 0 Å². The van der Waals surface area contributed by atoms with E-state index in [-0.39, 0.29) is 28.1 Å². The van der Waals surface area contributed by atoms with Crippen LogP contribution >= 0.6 is 23.2 Å². The summed E-state index contributed by atoms with van der Waals surface area (Å²) in [5.41, 5.74) is 3.45. The zero-order valence-electron chi connectivity index (χ0n) is 22.0. The number of hydrogen-bond acceptors (Lipinski definition) is 4. The van der Waals surface area contributed by atoms with Crippen LogP contribution in [0.2, 0.25) is 10.0 Å². The number of benzene rings is 4. The van der Waals surface area contributed by atoms with Crippen molar-refractivity contribution in [2.75, 3.05) is 5.32 Å². The Bertz CT molecular complexity index is 1800. The highest BCUT2D eigenvalue weighted by atomic mass is 35.5. The van der Waals surface area contributed by atoms with Crippen LogP contribution in [0.15, 0.2) is 97.2 Å². The number of anilines is 1. The Hall–Kier alpha value is -4.19. The molecular weight excluding hydrogens is 555 g/mol. The summed E-state index contributed by atoms with van der Waals surface area (Å²) in [5, 5.41) is 3.65. The summed E-state index contributed by atoms with van der Waals surface area (Å²) in [6.07, 6.45) is 3.78. The van der Waals surface area contributed by atoms with Gasteiger partial charge in [-0.25, -0.2) is 0 Å². The molecule has 5 nitrogen and oxygen atoms in total. The number of Topliss-reactive ketones (excluding diaryl/α,β-unsaturated/α-hetero) is 2. The Morgan fingerprint density at radius 1 is 0.878 bits per heavy atom. The third kappa shape index (κ3) is 3.66. The van der Waals surface area contributed by atoms with Gasteiger partial charge < -0.3 is 10.2 Å². The first-order chi connectivity index (χ1) is 19.8. The molecule has 0 unspecified atom stereocenters. The van der Waals surface area contributed by atoms with E-state index in [1.165, 1.54) is 6.07 Å². The van der Waals surface area contributed by atoms with E-state index >= 15 is 0 Å². The van der Waals surface area contributed by atoms with E-state index in [9.17, 15) is 14.4 Å². The highest BCUT2D eigenvalue weighted by Crippen LogP contribution is 2.62. The fourth-order valence-electron chi connectivity index (χ4n) is 6.91. The second-order valence-electron chi connectivity index (χ2n) is 10.8. The van der Waals surface area contributed by atoms with Crippen LogP contribution in [0.1, 0.15) is 49.0 Å². The van der Waals surface area contributed by atoms with Gasteiger partial charge in [0.25, 0.3) is 0 Å². The summed E-state index contributed by atoms with van der Waals surface area (Å²) in [4.78, 5) is 45.8. The van der Waals surface area contributed by atoms with Crippen LogP contribution in [-0.4, -0.2) is 28.4 Å². The second kappa shape index (κ2) is 9.44. The predicted octanol–water partition coefficient (Wildman–Crippen LogP) is 7.28. The Labute approximate surface area is 247 Å². The molecule has 7 heteroatoms. The Morgan fingerprint density at radius 2 is 1.61 bits per heavy atom. The van der Waals surface area contributed by atoms with Crippen molar-refractivity contribution in [2.45, 2.75) is 24.4 Å². The fourth-order valence-corrected chi connectivity index (χ4v) is 7.42. The molecule has 1 fully saturated rings. The first kappa shape index (κ1) is 25.8. The molecule has 202 valence electrons. The van der Waals surface area contributed by atoms with Crippen molar-refractivity contribution >= 4 is 52.4 Å². The molecule has 3 aliphatic heterocycles. The quantitative estimate of drug-likeness (QED) is 0.258. The van der Waals surface area contributed by atoms with Crippen LogP contribution < -0.4 is 5.32 Å². The lowest BCUT2D eigenvalue weighted by Gasteiger charge is -2.38. The molecule has 4 atom stereocenters. The molecule has 0 aliphatic carbocycles. The molecule has 1 amide bonds. The molecule has 41 heavy (non-hydrogen) atoms. The smallest absolute Gasteiger partial charge is 0.238 e. The Balaban J connectivity index is 1.54. The average molecular weight is 579 g/mol. The normalized spacial score (nSPS) is 23.6. The van der Waals surface area contributed by atoms with E-state index in [0.29, 0.717) is 21.8 Å². The molecule has 1 N–H and O–H groups in total. The number of hydrogen-bond donors (Lipinski definition) is 1. The van der Waals surface area contributed by atoms with E-state index in [0.717, 1.165) is 16.7 Å². The first-order valence-corrected chi connectivity index (χ1v) is 14.1. The monoisotopic (exact) mass is 578 g/mol. The van der Waals surface area contributed by atoms with Gasteiger partial charge in [0.1, 0.15) is 11.5 Å². The standard InChI is InChI=1S/C34H24Cl2N2O3/c1-19-10-12-21(13-11-19)30(39)28-29(31(40)24-15-14-22(35)18-26(24)36)38-17-16-20-6-2-3-7-23(20)32(38)34(28)25-8-4-5-9-27(25)37-33(34)41/h2-18,28-29,32H,1H3,(H,37,41)/t28-,29+,32+,34+/m0/s1. The number of rotatable bonds is 4. The number of carbonyl (C=O) groups excluding carboxylic acids is 3. The van der Waals surface area contributed by atoms with Crippen LogP contribution in [0.25, 0.3) is 6.08 Å². The Kier molecular flexibility index (Phi) is 5.93. The third-order valence-electron chi connectivity index (χ3n) is 8.65. The van der Waals surface area contributed by atoms with Gasteiger partial charge in [-0.3, -0.25) is 14.4 Å². The molecule has 1 saturated heterocycles. The zero-order valence-corrected chi connectivity index (χ0v) is 23.5. The molecule has 0 radical (unpaired) electrons. The molecule has 0 aromatic heterocycles. The highest BCUT2D eigenvalue weighted by molar-refractivity contribution is 6.37. The molecule has 3 aliphatic rings. The Morgan fingerprint density at radius 3 is 2.39 bits per heavy atom. The number of aryl methyl sites for hydroxylation is 1. The zero-order chi connectivity index (χ0) is 28.5. The van der Waals surface area contributed by atoms with Crippen molar-refractivity contribution in [3.63, 3.8) is 0 Å². The van der Waals surface area contributed by atoms with Gasteiger partial charge in [0, 0.05) is 28.0 Å². The topological polar surface area (TPSA) is 66.5 Å². The number of nitrogens with one attached hydrogen (secondary N) is 1. The van der Waals surface area contributed by atoms with E-state index in [2.05, 4.69) is 5.32 Å². The average Bonchev–Trinajstić information content (AvgIpc) is 3.45. The van der Waals surface area contributed by atoms with E-state index < -0.39 is 23.4 Å². The van der Waals surface area contributed by atoms with Crippen molar-refractivity contribution in [3.8, 4) is 0 Å². The number of ketones is 2. The van der Waals surface area contributed by atoms with Gasteiger partial charge >= 0.3 is 0 Å². The summed E-state index contributed by atoms with van der Waals surface area (Å²) in [7, 11) is 0. The fraction of sp³-hybridized carbons (Fsp3) is 0.147. The largest absolute Gasteiger partial charge is 0.358 e. The van der Waals surface area contributed by atoms with Crippen LogP contribution in [-0.2, 0) is 10.2 Å². The lowest BCUT2D eigenvalue weighted by Crippen LogP contribution is -2.49. The van der Waals surface area contributed by atoms with Gasteiger partial charge in [-0.1, -0.05) is 95.5 Å². The van der Waals surface area contributed by atoms with Crippen molar-refractivity contribution in [2.24, 2.45) is 5.92 Å². The molecule has 3 heterocycles. The summed E-state index contributed by atoms with van der Waals surface area (Å²) < 4.78 is 0. The van der Waals surface area contributed by atoms with Crippen LogP contribution in [0.3, 0.4) is 0 Å². The van der Waals surface area contributed by atoms with Gasteiger partial charge in [-0.05, 0) is 54.0 Å². The lowest BCUT2D eigenvalue weighted by atomic mass is 9.62. The number of para-hydroxylation sites is 1. The third-order valence-corrected chi connectivity index (χ3v) is 9.20. The number of nitrogens with zero attached hydrogens (tertiary/aromatic N) is 1.